The summed E-state index contributed by atoms with van der Waals surface area (Å²) in [4.78, 5) is 4.05. The van der Waals surface area contributed by atoms with Crippen LogP contribution in [0.4, 0.5) is 5.13 Å². The lowest BCUT2D eigenvalue weighted by atomic mass is 10.0. The fourth-order valence-corrected chi connectivity index (χ4v) is 1.80. The van der Waals surface area contributed by atoms with E-state index in [0.29, 0.717) is 5.15 Å². The van der Waals surface area contributed by atoms with E-state index in [4.69, 9.17) is 16.7 Å². The van der Waals surface area contributed by atoms with Crippen molar-refractivity contribution in [2.24, 2.45) is 0 Å². The molecule has 1 atom stereocenters. The summed E-state index contributed by atoms with van der Waals surface area (Å²) in [5, 5.41) is 15.3. The molecule has 1 heterocycles. The van der Waals surface area contributed by atoms with Crippen molar-refractivity contribution in [1.29, 1.82) is 0 Å². The number of nitrogens with one attached hydrogen (secondary N) is 1. The van der Waals surface area contributed by atoms with Gasteiger partial charge < -0.3 is 10.4 Å². The molecule has 0 radical (unpaired) electrons. The molecule has 0 aromatic carbocycles. The van der Waals surface area contributed by atoms with Crippen LogP contribution in [0.25, 0.3) is 0 Å². The van der Waals surface area contributed by atoms with Crippen molar-refractivity contribution in [2.75, 3.05) is 11.9 Å². The summed E-state index contributed by atoms with van der Waals surface area (Å²) in [6, 6.07) is 0. The topological polar surface area (TPSA) is 45.1 Å². The molecule has 0 aliphatic rings. The monoisotopic (exact) mass is 220 g/mol. The first-order valence-corrected chi connectivity index (χ1v) is 5.35. The van der Waals surface area contributed by atoms with Gasteiger partial charge in [-0.3, -0.25) is 0 Å². The molecular weight excluding hydrogens is 208 g/mol. The third-order valence-corrected chi connectivity index (χ3v) is 3.09. The third-order valence-electron chi connectivity index (χ3n) is 2.01. The molecule has 5 heteroatoms. The van der Waals surface area contributed by atoms with Crippen molar-refractivity contribution in [3.8, 4) is 0 Å². The number of halogens is 1. The first-order valence-electron chi connectivity index (χ1n) is 4.10. The molecular formula is C8H13ClN2OS. The smallest absolute Gasteiger partial charge is 0.184 e. The van der Waals surface area contributed by atoms with Crippen molar-refractivity contribution in [1.82, 2.24) is 4.98 Å². The molecule has 0 aliphatic heterocycles. The largest absolute Gasteiger partial charge is 0.394 e. The van der Waals surface area contributed by atoms with Crippen molar-refractivity contribution >= 4 is 28.1 Å². The molecule has 0 bridgehead atoms. The highest BCUT2D eigenvalue weighted by atomic mass is 35.5. The van der Waals surface area contributed by atoms with Gasteiger partial charge in [0, 0.05) is 5.38 Å². The van der Waals surface area contributed by atoms with E-state index in [-0.39, 0.29) is 12.1 Å². The number of rotatable bonds is 4. The summed E-state index contributed by atoms with van der Waals surface area (Å²) in [5.41, 5.74) is -0.304. The minimum Gasteiger partial charge on any atom is -0.394 e. The summed E-state index contributed by atoms with van der Waals surface area (Å²) < 4.78 is 0. The van der Waals surface area contributed by atoms with E-state index in [9.17, 15) is 0 Å². The highest BCUT2D eigenvalue weighted by molar-refractivity contribution is 7.14. The quantitative estimate of drug-likeness (QED) is 0.819. The predicted molar refractivity (Wildman–Crippen MR) is 56.5 cm³/mol. The van der Waals surface area contributed by atoms with Crippen LogP contribution in [0.15, 0.2) is 5.38 Å². The average Bonchev–Trinajstić information content (AvgIpc) is 2.51. The Morgan fingerprint density at radius 1 is 1.77 bits per heavy atom. The molecule has 0 amide bonds. The van der Waals surface area contributed by atoms with Crippen molar-refractivity contribution < 1.29 is 5.11 Å². The van der Waals surface area contributed by atoms with Crippen LogP contribution in [0.2, 0.25) is 5.15 Å². The van der Waals surface area contributed by atoms with Crippen molar-refractivity contribution in [2.45, 2.75) is 25.8 Å². The van der Waals surface area contributed by atoms with Gasteiger partial charge in [0.2, 0.25) is 0 Å². The Hall–Kier alpha value is -0.320. The van der Waals surface area contributed by atoms with Gasteiger partial charge in [-0.2, -0.15) is 0 Å². The molecule has 74 valence electrons. The number of thiazole rings is 1. The van der Waals surface area contributed by atoms with Crippen LogP contribution in [-0.2, 0) is 0 Å². The van der Waals surface area contributed by atoms with Gasteiger partial charge in [-0.05, 0) is 13.3 Å². The molecule has 1 rings (SSSR count). The van der Waals surface area contributed by atoms with Gasteiger partial charge in [0.05, 0.1) is 12.1 Å². The summed E-state index contributed by atoms with van der Waals surface area (Å²) >= 11 is 7.11. The normalized spacial score (nSPS) is 15.4. The molecule has 0 fully saturated rings. The van der Waals surface area contributed by atoms with Gasteiger partial charge >= 0.3 is 0 Å². The Morgan fingerprint density at radius 3 is 2.85 bits per heavy atom. The summed E-state index contributed by atoms with van der Waals surface area (Å²) in [6.45, 7) is 4.04. The maximum Gasteiger partial charge on any atom is 0.184 e. The Kier molecular flexibility index (Phi) is 3.53. The minimum absolute atomic E-state index is 0.0840. The second kappa shape index (κ2) is 4.26. The molecule has 13 heavy (non-hydrogen) atoms. The molecule has 1 unspecified atom stereocenters. The standard InChI is InChI=1S/C8H13ClN2OS/c1-3-8(2,5-12)11-7-10-6(9)4-13-7/h4,12H,3,5H2,1-2H3,(H,10,11). The van der Waals surface area contributed by atoms with E-state index in [1.807, 2.05) is 13.8 Å². The second-order valence-corrected chi connectivity index (χ2v) is 4.42. The van der Waals surface area contributed by atoms with Crippen LogP contribution in [-0.4, -0.2) is 22.2 Å². The first-order chi connectivity index (χ1) is 6.09. The lowest BCUT2D eigenvalue weighted by Gasteiger charge is -2.26. The van der Waals surface area contributed by atoms with E-state index in [1.54, 1.807) is 5.38 Å². The van der Waals surface area contributed by atoms with Gasteiger partial charge in [-0.1, -0.05) is 18.5 Å². The zero-order valence-electron chi connectivity index (χ0n) is 7.67. The Morgan fingerprint density at radius 2 is 2.46 bits per heavy atom. The number of aliphatic hydroxyl groups is 1. The van der Waals surface area contributed by atoms with Crippen LogP contribution in [0, 0.1) is 0 Å². The maximum atomic E-state index is 9.13. The van der Waals surface area contributed by atoms with Gasteiger partial charge in [-0.15, -0.1) is 11.3 Å². The molecule has 0 aliphatic carbocycles. The van der Waals surface area contributed by atoms with Crippen LogP contribution in [0.5, 0.6) is 0 Å². The van der Waals surface area contributed by atoms with Crippen LogP contribution in [0.1, 0.15) is 20.3 Å². The van der Waals surface area contributed by atoms with Crippen molar-refractivity contribution in [3.63, 3.8) is 0 Å². The third kappa shape index (κ3) is 2.83. The van der Waals surface area contributed by atoms with E-state index >= 15 is 0 Å². The number of aromatic nitrogens is 1. The maximum absolute atomic E-state index is 9.13. The minimum atomic E-state index is -0.304. The van der Waals surface area contributed by atoms with Crippen molar-refractivity contribution in [3.05, 3.63) is 10.5 Å². The average molecular weight is 221 g/mol. The number of anilines is 1. The number of aliphatic hydroxyl groups excluding tert-OH is 1. The van der Waals surface area contributed by atoms with E-state index in [2.05, 4.69) is 10.3 Å². The molecule has 1 aromatic heterocycles. The highest BCUT2D eigenvalue weighted by Crippen LogP contribution is 2.23. The van der Waals surface area contributed by atoms with E-state index < -0.39 is 0 Å². The van der Waals surface area contributed by atoms with Gasteiger partial charge in [0.15, 0.2) is 5.13 Å². The molecule has 2 N–H and O–H groups in total. The molecule has 0 spiro atoms. The zero-order valence-corrected chi connectivity index (χ0v) is 9.24. The molecule has 1 aromatic rings. The molecule has 0 saturated heterocycles. The van der Waals surface area contributed by atoms with Gasteiger partial charge in [0.1, 0.15) is 5.15 Å². The van der Waals surface area contributed by atoms with Crippen LogP contribution in [0.3, 0.4) is 0 Å². The first kappa shape index (κ1) is 10.8. The molecule has 3 nitrogen and oxygen atoms in total. The fourth-order valence-electron chi connectivity index (χ4n) is 0.809. The highest BCUT2D eigenvalue weighted by Gasteiger charge is 2.21. The van der Waals surface area contributed by atoms with E-state index in [0.717, 1.165) is 11.6 Å². The number of nitrogens with zero attached hydrogens (tertiary/aromatic N) is 1. The summed E-state index contributed by atoms with van der Waals surface area (Å²) in [7, 11) is 0. The number of hydrogen-bond donors (Lipinski definition) is 2. The lowest BCUT2D eigenvalue weighted by Crippen LogP contribution is -2.37. The van der Waals surface area contributed by atoms with Crippen LogP contribution >= 0.6 is 22.9 Å². The van der Waals surface area contributed by atoms with Crippen LogP contribution < -0.4 is 5.32 Å². The zero-order chi connectivity index (χ0) is 9.90. The fraction of sp³-hybridized carbons (Fsp3) is 0.625. The Bertz CT molecular complexity index is 273. The second-order valence-electron chi connectivity index (χ2n) is 3.17. The Labute approximate surface area is 86.8 Å². The SMILES string of the molecule is CCC(C)(CO)Nc1nc(Cl)cs1. The van der Waals surface area contributed by atoms with Gasteiger partial charge in [0.25, 0.3) is 0 Å². The Balaban J connectivity index is 2.67. The van der Waals surface area contributed by atoms with Gasteiger partial charge in [-0.25, -0.2) is 4.98 Å². The summed E-state index contributed by atoms with van der Waals surface area (Å²) in [5.74, 6) is 0. The predicted octanol–water partition coefficient (Wildman–Crippen LogP) is 2.37. The lowest BCUT2D eigenvalue weighted by molar-refractivity contribution is 0.219. The number of hydrogen-bond acceptors (Lipinski definition) is 4. The van der Waals surface area contributed by atoms with E-state index in [1.165, 1.54) is 11.3 Å². The summed E-state index contributed by atoms with van der Waals surface area (Å²) in [6.07, 6.45) is 0.834. The molecule has 0 saturated carbocycles.